The van der Waals surface area contributed by atoms with Crippen molar-refractivity contribution < 1.29 is 4.42 Å². The number of benzene rings is 8. The van der Waals surface area contributed by atoms with Gasteiger partial charge in [0.25, 0.3) is 0 Å². The summed E-state index contributed by atoms with van der Waals surface area (Å²) in [6.07, 6.45) is 0. The number of anilines is 3. The maximum absolute atomic E-state index is 6.20. The Labute approximate surface area is 307 Å². The third-order valence-electron chi connectivity index (χ3n) is 10.6. The number of furan rings is 1. The summed E-state index contributed by atoms with van der Waals surface area (Å²) in [5.41, 5.74) is 7.99. The molecule has 0 bridgehead atoms. The van der Waals surface area contributed by atoms with E-state index in [0.717, 1.165) is 44.4 Å². The number of nitrogens with zero attached hydrogens (tertiary/aromatic N) is 4. The van der Waals surface area contributed by atoms with Gasteiger partial charge in [-0.15, -0.1) is 11.3 Å². The van der Waals surface area contributed by atoms with E-state index in [9.17, 15) is 0 Å². The molecule has 0 atom stereocenters. The molecule has 0 unspecified atom stereocenters. The van der Waals surface area contributed by atoms with Crippen LogP contribution in [0.15, 0.2) is 162 Å². The normalized spacial score (nSPS) is 12.5. The molecule has 1 aliphatic rings. The molecule has 246 valence electrons. The van der Waals surface area contributed by atoms with Crippen LogP contribution in [-0.4, -0.2) is 15.0 Å². The molecular weight excluding hydrogens is 669 g/mol. The summed E-state index contributed by atoms with van der Waals surface area (Å²) in [5.74, 6) is 1.78. The van der Waals surface area contributed by atoms with Crippen LogP contribution in [0.5, 0.6) is 0 Å². The first-order valence-corrected chi connectivity index (χ1v) is 18.5. The van der Waals surface area contributed by atoms with Crippen LogP contribution in [0.3, 0.4) is 0 Å². The predicted molar refractivity (Wildman–Crippen MR) is 220 cm³/mol. The van der Waals surface area contributed by atoms with Gasteiger partial charge < -0.3 is 4.42 Å². The third kappa shape index (κ3) is 4.21. The number of rotatable bonds is 3. The van der Waals surface area contributed by atoms with Crippen molar-refractivity contribution >= 4 is 92.3 Å². The van der Waals surface area contributed by atoms with E-state index in [1.807, 2.05) is 35.6 Å². The van der Waals surface area contributed by atoms with E-state index in [1.54, 1.807) is 0 Å². The van der Waals surface area contributed by atoms with E-state index in [2.05, 4.69) is 138 Å². The summed E-state index contributed by atoms with van der Waals surface area (Å²) < 4.78 is 8.71. The molecule has 11 aromatic rings. The molecule has 4 heterocycles. The zero-order chi connectivity index (χ0) is 34.6. The highest BCUT2D eigenvalue weighted by molar-refractivity contribution is 7.25. The number of aromatic nitrogens is 3. The molecule has 0 aliphatic carbocycles. The fourth-order valence-electron chi connectivity index (χ4n) is 8.24. The Morgan fingerprint density at radius 2 is 1.13 bits per heavy atom. The lowest BCUT2D eigenvalue weighted by Crippen LogP contribution is -2.19. The van der Waals surface area contributed by atoms with Gasteiger partial charge in [-0.3, -0.25) is 4.90 Å². The Morgan fingerprint density at radius 3 is 2.02 bits per heavy atom. The number of thiophene rings is 1. The van der Waals surface area contributed by atoms with Crippen molar-refractivity contribution in [3.8, 4) is 33.9 Å². The lowest BCUT2D eigenvalue weighted by Gasteiger charge is -2.32. The maximum atomic E-state index is 6.20. The fraction of sp³-hybridized carbons (Fsp3) is 0. The Bertz CT molecular complexity index is 3190. The maximum Gasteiger partial charge on any atom is 0.238 e. The van der Waals surface area contributed by atoms with Crippen LogP contribution < -0.4 is 4.90 Å². The summed E-state index contributed by atoms with van der Waals surface area (Å²) in [7, 11) is 0. The second-order valence-electron chi connectivity index (χ2n) is 13.6. The number of fused-ring (bicyclic) bond motifs is 10. The van der Waals surface area contributed by atoms with Gasteiger partial charge in [0.2, 0.25) is 5.95 Å². The SMILES string of the molecule is c1ccc2c3c(ccc2c1)N(c1nc(-c2ccc4oc5ccccc5c4c2)nc(-c2ccc4sc5ccccc5c4c2)n1)c1cccc2cccc-3c12. The topological polar surface area (TPSA) is 55.1 Å². The Kier molecular flexibility index (Phi) is 5.87. The van der Waals surface area contributed by atoms with Crippen molar-refractivity contribution in [1.29, 1.82) is 0 Å². The molecule has 1 aliphatic heterocycles. The summed E-state index contributed by atoms with van der Waals surface area (Å²) >= 11 is 1.81. The molecule has 3 aromatic heterocycles. The van der Waals surface area contributed by atoms with E-state index in [-0.39, 0.29) is 0 Å². The Balaban J connectivity index is 1.16. The summed E-state index contributed by atoms with van der Waals surface area (Å²) in [6.45, 7) is 0. The highest BCUT2D eigenvalue weighted by atomic mass is 32.1. The van der Waals surface area contributed by atoms with Gasteiger partial charge in [-0.1, -0.05) is 97.1 Å². The molecule has 0 spiro atoms. The third-order valence-corrected chi connectivity index (χ3v) is 11.8. The van der Waals surface area contributed by atoms with Gasteiger partial charge in [0.15, 0.2) is 11.6 Å². The second-order valence-corrected chi connectivity index (χ2v) is 14.7. The number of para-hydroxylation sites is 1. The molecule has 6 heteroatoms. The Hall–Kier alpha value is -6.89. The summed E-state index contributed by atoms with van der Waals surface area (Å²) in [4.78, 5) is 18.2. The van der Waals surface area contributed by atoms with Crippen LogP contribution in [0.25, 0.3) is 97.6 Å². The molecule has 53 heavy (non-hydrogen) atoms. The Morgan fingerprint density at radius 1 is 0.453 bits per heavy atom. The van der Waals surface area contributed by atoms with E-state index >= 15 is 0 Å². The minimum absolute atomic E-state index is 0.566. The highest BCUT2D eigenvalue weighted by Gasteiger charge is 2.30. The first kappa shape index (κ1) is 28.8. The molecule has 0 radical (unpaired) electrons. The zero-order valence-corrected chi connectivity index (χ0v) is 28.9. The van der Waals surface area contributed by atoms with E-state index < -0.39 is 0 Å². The highest BCUT2D eigenvalue weighted by Crippen LogP contribution is 2.52. The molecule has 0 fully saturated rings. The van der Waals surface area contributed by atoms with Crippen LogP contribution in [0, 0.1) is 0 Å². The zero-order valence-electron chi connectivity index (χ0n) is 28.1. The largest absolute Gasteiger partial charge is 0.456 e. The van der Waals surface area contributed by atoms with E-state index in [4.69, 9.17) is 19.4 Å². The fourth-order valence-corrected chi connectivity index (χ4v) is 9.33. The van der Waals surface area contributed by atoms with Crippen molar-refractivity contribution in [2.75, 3.05) is 4.90 Å². The quantitative estimate of drug-likeness (QED) is 0.184. The first-order chi connectivity index (χ1) is 26.2. The van der Waals surface area contributed by atoms with Gasteiger partial charge in [0.1, 0.15) is 11.2 Å². The molecule has 8 aromatic carbocycles. The van der Waals surface area contributed by atoms with E-state index in [1.165, 1.54) is 52.8 Å². The molecule has 0 amide bonds. The molecule has 0 saturated heterocycles. The standard InChI is InChI=1S/C47H26N4OS/c1-2-12-31-27(9-1)19-22-38-44(31)34-15-7-10-28-11-8-16-37(43(28)34)51(38)47-49-45(29-20-23-40-35(25-29)32-13-3-5-17-39(32)52-40)48-46(50-47)30-21-24-42-36(26-30)33-14-4-6-18-41(33)53-42/h1-26H. The van der Waals surface area contributed by atoms with Gasteiger partial charge in [0.05, 0.1) is 11.4 Å². The van der Waals surface area contributed by atoms with Crippen LogP contribution in [0.4, 0.5) is 17.3 Å². The van der Waals surface area contributed by atoms with Gasteiger partial charge in [0, 0.05) is 53.0 Å². The van der Waals surface area contributed by atoms with Crippen molar-refractivity contribution in [2.45, 2.75) is 0 Å². The lowest BCUT2D eigenvalue weighted by molar-refractivity contribution is 0.669. The van der Waals surface area contributed by atoms with Crippen molar-refractivity contribution in [1.82, 2.24) is 15.0 Å². The van der Waals surface area contributed by atoms with Gasteiger partial charge in [-0.25, -0.2) is 4.98 Å². The molecule has 12 rings (SSSR count). The summed E-state index contributed by atoms with van der Waals surface area (Å²) in [5, 5.41) is 9.27. The van der Waals surface area contributed by atoms with Gasteiger partial charge in [-0.2, -0.15) is 9.97 Å². The van der Waals surface area contributed by atoms with Crippen LogP contribution >= 0.6 is 11.3 Å². The van der Waals surface area contributed by atoms with Crippen molar-refractivity contribution in [3.63, 3.8) is 0 Å². The molecular formula is C47H26N4OS. The molecule has 0 N–H and O–H groups in total. The second kappa shape index (κ2) is 10.8. The van der Waals surface area contributed by atoms with Gasteiger partial charge in [-0.05, 0) is 82.4 Å². The lowest BCUT2D eigenvalue weighted by atomic mass is 9.88. The average Bonchev–Trinajstić information content (AvgIpc) is 3.78. The smallest absolute Gasteiger partial charge is 0.238 e. The van der Waals surface area contributed by atoms with Crippen LogP contribution in [0.1, 0.15) is 0 Å². The van der Waals surface area contributed by atoms with Crippen molar-refractivity contribution in [2.24, 2.45) is 0 Å². The van der Waals surface area contributed by atoms with Gasteiger partial charge >= 0.3 is 0 Å². The first-order valence-electron chi connectivity index (χ1n) is 17.7. The average molecular weight is 695 g/mol. The van der Waals surface area contributed by atoms with E-state index in [0.29, 0.717) is 17.6 Å². The molecule has 0 saturated carbocycles. The van der Waals surface area contributed by atoms with Crippen molar-refractivity contribution in [3.05, 3.63) is 158 Å². The number of hydrogen-bond donors (Lipinski definition) is 0. The summed E-state index contributed by atoms with van der Waals surface area (Å²) in [6, 6.07) is 55.6. The minimum atomic E-state index is 0.566. The predicted octanol–water partition coefficient (Wildman–Crippen LogP) is 13.2. The van der Waals surface area contributed by atoms with Crippen LogP contribution in [0.2, 0.25) is 0 Å². The van der Waals surface area contributed by atoms with Crippen LogP contribution in [-0.2, 0) is 0 Å². The minimum Gasteiger partial charge on any atom is -0.456 e. The molecule has 5 nitrogen and oxygen atoms in total. The number of hydrogen-bond acceptors (Lipinski definition) is 6. The monoisotopic (exact) mass is 694 g/mol.